The second-order valence-electron chi connectivity index (χ2n) is 11.5. The van der Waals surface area contributed by atoms with Crippen LogP contribution in [-0.4, -0.2) is 5.97 Å². The number of hydrogen-bond donors (Lipinski definition) is 0. The fourth-order valence-electron chi connectivity index (χ4n) is 6.18. The maximum atomic E-state index is 12.6. The lowest BCUT2D eigenvalue weighted by Crippen LogP contribution is -2.25. The number of allylic oxidation sites excluding steroid dienone is 2. The van der Waals surface area contributed by atoms with Gasteiger partial charge in [0.1, 0.15) is 5.75 Å². The maximum Gasteiger partial charge on any atom is 0.314 e. The Balaban J connectivity index is 1.29. The topological polar surface area (TPSA) is 26.3 Å². The third-order valence-corrected chi connectivity index (χ3v) is 8.65. The lowest BCUT2D eigenvalue weighted by molar-refractivity contribution is -0.140. The maximum absolute atomic E-state index is 12.6. The van der Waals surface area contributed by atoms with E-state index in [2.05, 4.69) is 38.1 Å². The molecule has 0 bridgehead atoms. The summed E-state index contributed by atoms with van der Waals surface area (Å²) in [6, 6.07) is 8.21. The Bertz CT molecular complexity index is 718. The van der Waals surface area contributed by atoms with Crippen LogP contribution in [0.2, 0.25) is 0 Å². The van der Waals surface area contributed by atoms with Gasteiger partial charge in [-0.15, -0.1) is 0 Å². The van der Waals surface area contributed by atoms with Crippen molar-refractivity contribution in [2.75, 3.05) is 0 Å². The first-order valence-corrected chi connectivity index (χ1v) is 15.1. The van der Waals surface area contributed by atoms with Gasteiger partial charge >= 0.3 is 5.97 Å². The summed E-state index contributed by atoms with van der Waals surface area (Å²) in [6.45, 7) is 4.56. The zero-order chi connectivity index (χ0) is 24.7. The molecule has 0 aromatic heterocycles. The van der Waals surface area contributed by atoms with Crippen molar-refractivity contribution in [2.24, 2.45) is 23.7 Å². The molecule has 0 N–H and O–H groups in total. The first-order valence-electron chi connectivity index (χ1n) is 15.1. The number of hydrogen-bond acceptors (Lipinski definition) is 2. The Morgan fingerprint density at radius 3 is 1.94 bits per heavy atom. The van der Waals surface area contributed by atoms with E-state index in [0.29, 0.717) is 5.75 Å². The van der Waals surface area contributed by atoms with Crippen molar-refractivity contribution in [1.29, 1.82) is 0 Å². The van der Waals surface area contributed by atoms with Crippen LogP contribution >= 0.6 is 0 Å². The van der Waals surface area contributed by atoms with Crippen molar-refractivity contribution in [3.05, 3.63) is 42.0 Å². The van der Waals surface area contributed by atoms with Crippen molar-refractivity contribution in [3.8, 4) is 5.75 Å². The molecule has 2 heteroatoms. The highest BCUT2D eigenvalue weighted by molar-refractivity contribution is 5.75. The quantitative estimate of drug-likeness (QED) is 0.115. The molecule has 0 atom stereocenters. The molecule has 1 aromatic rings. The second kappa shape index (κ2) is 16.2. The average molecular weight is 481 g/mol. The number of ether oxygens (including phenoxy) is 1. The molecule has 2 nitrogen and oxygen atoms in total. The number of unbranched alkanes of at least 4 members (excludes halogenated alkanes) is 4. The first kappa shape index (κ1) is 28.0. The van der Waals surface area contributed by atoms with Crippen LogP contribution in [0.3, 0.4) is 0 Å². The lowest BCUT2D eigenvalue weighted by atomic mass is 9.79. The van der Waals surface area contributed by atoms with Crippen LogP contribution in [0, 0.1) is 23.7 Å². The van der Waals surface area contributed by atoms with Gasteiger partial charge in [-0.2, -0.15) is 0 Å². The van der Waals surface area contributed by atoms with Gasteiger partial charge in [0.25, 0.3) is 0 Å². The third kappa shape index (κ3) is 10.5. The largest absolute Gasteiger partial charge is 0.426 e. The molecule has 0 aliphatic heterocycles. The van der Waals surface area contributed by atoms with Crippen LogP contribution in [0.5, 0.6) is 5.75 Å². The van der Waals surface area contributed by atoms with Gasteiger partial charge in [-0.3, -0.25) is 4.79 Å². The minimum absolute atomic E-state index is 0.0206. The van der Waals surface area contributed by atoms with Gasteiger partial charge < -0.3 is 4.74 Å². The fraction of sp³-hybridized carbons (Fsp3) is 0.727. The summed E-state index contributed by atoms with van der Waals surface area (Å²) in [7, 11) is 0. The molecule has 3 rings (SSSR count). The lowest BCUT2D eigenvalue weighted by Gasteiger charge is -2.27. The summed E-state index contributed by atoms with van der Waals surface area (Å²) in [6.07, 6.45) is 28.0. The standard InChI is InChI=1S/C33H52O2/c1-3-5-7-11-27-15-17-28(18-16-27)13-9-10-14-30-21-25-32(26-22-30)35-33(34)31-23-19-29(20-24-31)12-8-6-4-2/h9,13,21-22,25-29,31H,3-8,10-12,14-20,23-24H2,1-2H3. The predicted octanol–water partition coefficient (Wildman–Crippen LogP) is 9.85. The summed E-state index contributed by atoms with van der Waals surface area (Å²) in [5, 5.41) is 0. The summed E-state index contributed by atoms with van der Waals surface area (Å²) >= 11 is 0. The van der Waals surface area contributed by atoms with E-state index in [1.165, 1.54) is 95.5 Å². The molecule has 0 spiro atoms. The fourth-order valence-corrected chi connectivity index (χ4v) is 6.18. The first-order chi connectivity index (χ1) is 17.2. The van der Waals surface area contributed by atoms with Crippen molar-refractivity contribution in [1.82, 2.24) is 0 Å². The van der Waals surface area contributed by atoms with Crippen LogP contribution in [0.15, 0.2) is 36.4 Å². The van der Waals surface area contributed by atoms with Gasteiger partial charge in [0.15, 0.2) is 0 Å². The highest BCUT2D eigenvalue weighted by Gasteiger charge is 2.27. The Kier molecular flexibility index (Phi) is 13.0. The van der Waals surface area contributed by atoms with Gasteiger partial charge in [-0.25, -0.2) is 0 Å². The summed E-state index contributed by atoms with van der Waals surface area (Å²) in [5.41, 5.74) is 1.32. The van der Waals surface area contributed by atoms with E-state index in [1.54, 1.807) is 0 Å². The molecule has 0 radical (unpaired) electrons. The van der Waals surface area contributed by atoms with Gasteiger partial charge in [0.2, 0.25) is 0 Å². The molecule has 0 unspecified atom stereocenters. The zero-order valence-electron chi connectivity index (χ0n) is 22.8. The van der Waals surface area contributed by atoms with Crippen molar-refractivity contribution in [2.45, 2.75) is 129 Å². The minimum Gasteiger partial charge on any atom is -0.426 e. The Morgan fingerprint density at radius 1 is 0.800 bits per heavy atom. The van der Waals surface area contributed by atoms with Gasteiger partial charge in [-0.05, 0) is 99.7 Å². The molecule has 2 fully saturated rings. The van der Waals surface area contributed by atoms with Crippen molar-refractivity contribution >= 4 is 5.97 Å². The monoisotopic (exact) mass is 480 g/mol. The summed E-state index contributed by atoms with van der Waals surface area (Å²) in [4.78, 5) is 12.6. The predicted molar refractivity (Wildman–Crippen MR) is 149 cm³/mol. The zero-order valence-corrected chi connectivity index (χ0v) is 22.8. The van der Waals surface area contributed by atoms with Crippen LogP contribution in [0.25, 0.3) is 0 Å². The van der Waals surface area contributed by atoms with Gasteiger partial charge in [0, 0.05) is 0 Å². The van der Waals surface area contributed by atoms with Crippen LogP contribution in [0.1, 0.15) is 129 Å². The highest BCUT2D eigenvalue weighted by atomic mass is 16.5. The molecule has 0 saturated heterocycles. The van der Waals surface area contributed by atoms with Crippen LogP contribution in [-0.2, 0) is 11.2 Å². The molecule has 2 saturated carbocycles. The third-order valence-electron chi connectivity index (χ3n) is 8.65. The number of esters is 1. The number of benzene rings is 1. The van der Waals surface area contributed by atoms with E-state index in [-0.39, 0.29) is 11.9 Å². The number of carbonyl (C=O) groups excluding carboxylic acids is 1. The van der Waals surface area contributed by atoms with E-state index in [1.807, 2.05) is 12.1 Å². The van der Waals surface area contributed by atoms with E-state index in [4.69, 9.17) is 4.74 Å². The number of rotatable bonds is 14. The Morgan fingerprint density at radius 2 is 1.37 bits per heavy atom. The van der Waals surface area contributed by atoms with Gasteiger partial charge in [0.05, 0.1) is 5.92 Å². The highest BCUT2D eigenvalue weighted by Crippen LogP contribution is 2.34. The SMILES string of the molecule is CCCCCC1CCC(C=CCCc2ccc(OC(=O)C3CCC(CCCCC)CC3)cc2)CC1. The number of aryl methyl sites for hydroxylation is 1. The molecule has 196 valence electrons. The molecule has 2 aliphatic rings. The molecular weight excluding hydrogens is 428 g/mol. The second-order valence-corrected chi connectivity index (χ2v) is 11.5. The van der Waals surface area contributed by atoms with Crippen LogP contribution < -0.4 is 4.74 Å². The Hall–Kier alpha value is -1.57. The van der Waals surface area contributed by atoms with Crippen molar-refractivity contribution < 1.29 is 9.53 Å². The summed E-state index contributed by atoms with van der Waals surface area (Å²) in [5.74, 6) is 3.39. The smallest absolute Gasteiger partial charge is 0.314 e. The molecular formula is C33H52O2. The molecule has 0 amide bonds. The molecule has 2 aliphatic carbocycles. The van der Waals surface area contributed by atoms with E-state index < -0.39 is 0 Å². The molecule has 0 heterocycles. The van der Waals surface area contributed by atoms with E-state index >= 15 is 0 Å². The van der Waals surface area contributed by atoms with E-state index in [0.717, 1.165) is 43.4 Å². The minimum atomic E-state index is -0.0206. The molecule has 35 heavy (non-hydrogen) atoms. The van der Waals surface area contributed by atoms with Crippen LogP contribution in [0.4, 0.5) is 0 Å². The van der Waals surface area contributed by atoms with Gasteiger partial charge in [-0.1, -0.05) is 89.5 Å². The molecule has 1 aromatic carbocycles. The number of carbonyl (C=O) groups is 1. The Labute approximate surface area is 216 Å². The normalized spacial score (nSPS) is 25.1. The van der Waals surface area contributed by atoms with Crippen molar-refractivity contribution in [3.63, 3.8) is 0 Å². The van der Waals surface area contributed by atoms with E-state index in [9.17, 15) is 4.79 Å². The average Bonchev–Trinajstić information content (AvgIpc) is 2.89. The summed E-state index contributed by atoms with van der Waals surface area (Å²) < 4.78 is 5.73.